The number of guanidine groups is 1. The van der Waals surface area contributed by atoms with Gasteiger partial charge < -0.3 is 19.9 Å². The highest BCUT2D eigenvalue weighted by Gasteiger charge is 2.41. The van der Waals surface area contributed by atoms with Gasteiger partial charge in [-0.25, -0.2) is 0 Å². The molecule has 1 saturated heterocycles. The molecule has 0 bridgehead atoms. The lowest BCUT2D eigenvalue weighted by atomic mass is 10.2. The van der Waals surface area contributed by atoms with Gasteiger partial charge in [0.25, 0.3) is 5.91 Å². The SMILES string of the molecule is CCNC(=NCCCN1C(=O)COc2ccccc21)N1CCN(C(C)C(F)(F)F)CC1.I. The topological polar surface area (TPSA) is 60.4 Å². The lowest BCUT2D eigenvalue weighted by Gasteiger charge is -2.39. The summed E-state index contributed by atoms with van der Waals surface area (Å²) in [5, 5.41) is 3.22. The van der Waals surface area contributed by atoms with Gasteiger partial charge in [-0.05, 0) is 32.4 Å². The van der Waals surface area contributed by atoms with Gasteiger partial charge in [0.15, 0.2) is 12.6 Å². The van der Waals surface area contributed by atoms with Crippen molar-refractivity contribution in [3.05, 3.63) is 24.3 Å². The first kappa shape index (κ1) is 26.5. The van der Waals surface area contributed by atoms with Crippen molar-refractivity contribution >= 4 is 41.5 Å². The summed E-state index contributed by atoms with van der Waals surface area (Å²) in [5.41, 5.74) is 0.768. The van der Waals surface area contributed by atoms with Gasteiger partial charge >= 0.3 is 6.18 Å². The number of alkyl halides is 3. The van der Waals surface area contributed by atoms with Crippen LogP contribution >= 0.6 is 24.0 Å². The van der Waals surface area contributed by atoms with Crippen LogP contribution in [0, 0.1) is 0 Å². The summed E-state index contributed by atoms with van der Waals surface area (Å²) in [5.74, 6) is 1.32. The first-order valence-corrected chi connectivity index (χ1v) is 10.7. The summed E-state index contributed by atoms with van der Waals surface area (Å²) in [7, 11) is 0. The van der Waals surface area contributed by atoms with Crippen LogP contribution in [0.2, 0.25) is 0 Å². The Morgan fingerprint density at radius 1 is 1.22 bits per heavy atom. The van der Waals surface area contributed by atoms with E-state index in [0.29, 0.717) is 63.9 Å². The van der Waals surface area contributed by atoms with Gasteiger partial charge in [0.1, 0.15) is 11.8 Å². The molecule has 1 atom stereocenters. The molecule has 1 fully saturated rings. The molecule has 180 valence electrons. The van der Waals surface area contributed by atoms with Gasteiger partial charge in [0, 0.05) is 45.8 Å². The molecule has 1 aromatic carbocycles. The van der Waals surface area contributed by atoms with Crippen LogP contribution in [0.25, 0.3) is 0 Å². The molecule has 2 aliphatic heterocycles. The highest BCUT2D eigenvalue weighted by molar-refractivity contribution is 14.0. The minimum Gasteiger partial charge on any atom is -0.482 e. The Hall–Kier alpha value is -1.76. The lowest BCUT2D eigenvalue weighted by Crippen LogP contribution is -2.56. The average Bonchev–Trinajstić information content (AvgIpc) is 2.76. The van der Waals surface area contributed by atoms with Crippen LogP contribution in [0.4, 0.5) is 18.9 Å². The molecular formula is C21H31F3IN5O2. The maximum Gasteiger partial charge on any atom is 0.403 e. The van der Waals surface area contributed by atoms with Crippen molar-refractivity contribution in [3.8, 4) is 5.75 Å². The second-order valence-corrected chi connectivity index (χ2v) is 7.63. The smallest absolute Gasteiger partial charge is 0.403 e. The van der Waals surface area contributed by atoms with Crippen molar-refractivity contribution in [2.45, 2.75) is 32.5 Å². The number of carbonyl (C=O) groups excluding carboxylic acids is 1. The van der Waals surface area contributed by atoms with Gasteiger partial charge in [0.2, 0.25) is 0 Å². The number of nitrogens with one attached hydrogen (secondary N) is 1. The maximum absolute atomic E-state index is 13.0. The van der Waals surface area contributed by atoms with Gasteiger partial charge in [-0.15, -0.1) is 24.0 Å². The van der Waals surface area contributed by atoms with Crippen LogP contribution < -0.4 is 15.0 Å². The van der Waals surface area contributed by atoms with Crippen molar-refractivity contribution in [2.24, 2.45) is 4.99 Å². The number of nitrogens with zero attached hydrogens (tertiary/aromatic N) is 4. The third-order valence-corrected chi connectivity index (χ3v) is 5.58. The molecular weight excluding hydrogens is 538 g/mol. The predicted octanol–water partition coefficient (Wildman–Crippen LogP) is 2.95. The zero-order chi connectivity index (χ0) is 22.4. The molecule has 0 saturated carbocycles. The van der Waals surface area contributed by atoms with E-state index in [-0.39, 0.29) is 36.5 Å². The van der Waals surface area contributed by atoms with Crippen LogP contribution in [-0.2, 0) is 4.79 Å². The number of benzene rings is 1. The molecule has 1 aromatic rings. The number of hydrogen-bond donors (Lipinski definition) is 1. The van der Waals surface area contributed by atoms with E-state index < -0.39 is 12.2 Å². The third-order valence-electron chi connectivity index (χ3n) is 5.58. The van der Waals surface area contributed by atoms with E-state index in [9.17, 15) is 18.0 Å². The van der Waals surface area contributed by atoms with Crippen LogP contribution in [0.3, 0.4) is 0 Å². The van der Waals surface area contributed by atoms with Gasteiger partial charge in [-0.3, -0.25) is 14.7 Å². The largest absolute Gasteiger partial charge is 0.482 e. The molecule has 1 unspecified atom stereocenters. The first-order chi connectivity index (χ1) is 14.8. The van der Waals surface area contributed by atoms with E-state index in [1.165, 1.54) is 11.8 Å². The number of halogens is 4. The monoisotopic (exact) mass is 569 g/mol. The highest BCUT2D eigenvalue weighted by Crippen LogP contribution is 2.31. The molecule has 0 aromatic heterocycles. The van der Waals surface area contributed by atoms with Crippen LogP contribution in [-0.4, -0.2) is 86.3 Å². The minimum atomic E-state index is -4.21. The highest BCUT2D eigenvalue weighted by atomic mass is 127. The standard InChI is InChI=1S/C21H30F3N5O2.HI/c1-3-25-20(28-13-11-27(12-14-28)16(2)21(22,23)24)26-9-6-10-29-17-7-4-5-8-18(17)31-15-19(29)30;/h4-5,7-8,16H,3,6,9-15H2,1-2H3,(H,25,26);1H. The zero-order valence-electron chi connectivity index (χ0n) is 18.4. The van der Waals surface area contributed by atoms with E-state index in [1.54, 1.807) is 4.90 Å². The summed E-state index contributed by atoms with van der Waals surface area (Å²) >= 11 is 0. The quantitative estimate of drug-likeness (QED) is 0.247. The molecule has 2 aliphatic rings. The Morgan fingerprint density at radius 2 is 1.91 bits per heavy atom. The second-order valence-electron chi connectivity index (χ2n) is 7.63. The minimum absolute atomic E-state index is 0. The summed E-state index contributed by atoms with van der Waals surface area (Å²) in [6.07, 6.45) is -3.55. The van der Waals surface area contributed by atoms with Gasteiger partial charge in [-0.2, -0.15) is 13.2 Å². The number of fused-ring (bicyclic) bond motifs is 1. The summed E-state index contributed by atoms with van der Waals surface area (Å²) in [6, 6.07) is 6.00. The molecule has 2 heterocycles. The Kier molecular flexibility index (Phi) is 9.86. The Labute approximate surface area is 204 Å². The molecule has 0 radical (unpaired) electrons. The molecule has 11 heteroatoms. The van der Waals surface area contributed by atoms with Crippen LogP contribution in [0.5, 0.6) is 5.75 Å². The van der Waals surface area contributed by atoms with E-state index in [1.807, 2.05) is 36.1 Å². The number of aliphatic imine (C=N–C) groups is 1. The number of hydrogen-bond acceptors (Lipinski definition) is 4. The van der Waals surface area contributed by atoms with Crippen molar-refractivity contribution < 1.29 is 22.7 Å². The molecule has 1 N–H and O–H groups in total. The molecule has 32 heavy (non-hydrogen) atoms. The number of para-hydroxylation sites is 2. The molecule has 0 spiro atoms. The maximum atomic E-state index is 13.0. The van der Waals surface area contributed by atoms with Crippen LogP contribution in [0.15, 0.2) is 29.3 Å². The number of ether oxygens (including phenoxy) is 1. The number of carbonyl (C=O) groups is 1. The van der Waals surface area contributed by atoms with Crippen molar-refractivity contribution in [1.82, 2.24) is 15.1 Å². The zero-order valence-corrected chi connectivity index (χ0v) is 20.7. The predicted molar refractivity (Wildman–Crippen MR) is 129 cm³/mol. The van der Waals surface area contributed by atoms with Crippen molar-refractivity contribution in [2.75, 3.05) is 57.3 Å². The Morgan fingerprint density at radius 3 is 2.56 bits per heavy atom. The fourth-order valence-corrected chi connectivity index (χ4v) is 3.77. The van der Waals surface area contributed by atoms with E-state index >= 15 is 0 Å². The number of rotatable bonds is 6. The number of amides is 1. The molecule has 0 aliphatic carbocycles. The Bertz CT molecular complexity index is 785. The summed E-state index contributed by atoms with van der Waals surface area (Å²) in [6.45, 7) is 6.56. The third kappa shape index (κ3) is 6.63. The number of piperazine rings is 1. The van der Waals surface area contributed by atoms with Crippen molar-refractivity contribution in [3.63, 3.8) is 0 Å². The second kappa shape index (κ2) is 11.9. The fraction of sp³-hybridized carbons (Fsp3) is 0.619. The number of anilines is 1. The van der Waals surface area contributed by atoms with Crippen molar-refractivity contribution in [1.29, 1.82) is 0 Å². The molecule has 3 rings (SSSR count). The molecule has 1 amide bonds. The molecule has 7 nitrogen and oxygen atoms in total. The normalized spacial score (nSPS) is 18.5. The van der Waals surface area contributed by atoms with Gasteiger partial charge in [-0.1, -0.05) is 12.1 Å². The van der Waals surface area contributed by atoms with E-state index in [2.05, 4.69) is 10.3 Å². The summed E-state index contributed by atoms with van der Waals surface area (Å²) < 4.78 is 44.3. The van der Waals surface area contributed by atoms with E-state index in [4.69, 9.17) is 4.74 Å². The van der Waals surface area contributed by atoms with E-state index in [0.717, 1.165) is 5.69 Å². The van der Waals surface area contributed by atoms with Crippen LogP contribution in [0.1, 0.15) is 20.3 Å². The first-order valence-electron chi connectivity index (χ1n) is 10.7. The fourth-order valence-electron chi connectivity index (χ4n) is 3.77. The summed E-state index contributed by atoms with van der Waals surface area (Å²) in [4.78, 5) is 22.1. The average molecular weight is 569 g/mol. The lowest BCUT2D eigenvalue weighted by molar-refractivity contribution is -0.181. The van der Waals surface area contributed by atoms with Gasteiger partial charge in [0.05, 0.1) is 5.69 Å². The Balaban J connectivity index is 0.00000363.